The zero-order valence-electron chi connectivity index (χ0n) is 12.9. The standard InChI is InChI=1S/C16H23NO5/c1-21-8-7-16(5-3-2-4-6-16)11-17-14(18)13-9-12(10-22-13)15(19)20/h9-10H,2-8,11H2,1H3,(H,17,18)(H,19,20). The Balaban J connectivity index is 1.95. The summed E-state index contributed by atoms with van der Waals surface area (Å²) in [6.45, 7) is 1.25. The predicted octanol–water partition coefficient (Wildman–Crippen LogP) is 2.69. The second kappa shape index (κ2) is 7.45. The predicted molar refractivity (Wildman–Crippen MR) is 80.0 cm³/mol. The molecular weight excluding hydrogens is 286 g/mol. The summed E-state index contributed by atoms with van der Waals surface area (Å²) in [5.74, 6) is -1.43. The lowest BCUT2D eigenvalue weighted by molar-refractivity contribution is 0.0695. The van der Waals surface area contributed by atoms with Gasteiger partial charge in [0.05, 0.1) is 5.56 Å². The fourth-order valence-electron chi connectivity index (χ4n) is 3.06. The summed E-state index contributed by atoms with van der Waals surface area (Å²) in [6, 6.07) is 1.25. The molecule has 0 bridgehead atoms. The number of rotatable bonds is 7. The highest BCUT2D eigenvalue weighted by Crippen LogP contribution is 2.38. The molecular formula is C16H23NO5. The number of carboxylic acid groups (broad SMARTS) is 1. The van der Waals surface area contributed by atoms with Gasteiger partial charge in [-0.05, 0) is 24.7 Å². The van der Waals surface area contributed by atoms with Crippen molar-refractivity contribution in [2.45, 2.75) is 38.5 Å². The van der Waals surface area contributed by atoms with Gasteiger partial charge in [0.2, 0.25) is 0 Å². The zero-order chi connectivity index (χ0) is 16.0. The van der Waals surface area contributed by atoms with Gasteiger partial charge in [-0.15, -0.1) is 0 Å². The molecule has 2 rings (SSSR count). The summed E-state index contributed by atoms with van der Waals surface area (Å²) in [4.78, 5) is 22.9. The van der Waals surface area contributed by atoms with Gasteiger partial charge in [-0.3, -0.25) is 4.79 Å². The highest BCUT2D eigenvalue weighted by Gasteiger charge is 2.32. The van der Waals surface area contributed by atoms with E-state index in [1.807, 2.05) is 0 Å². The van der Waals surface area contributed by atoms with Crippen LogP contribution in [0, 0.1) is 5.41 Å². The maximum Gasteiger partial charge on any atom is 0.338 e. The van der Waals surface area contributed by atoms with Crippen molar-refractivity contribution in [2.24, 2.45) is 5.41 Å². The average Bonchev–Trinajstić information content (AvgIpc) is 3.02. The summed E-state index contributed by atoms with van der Waals surface area (Å²) in [5.41, 5.74) is 0.0588. The number of amides is 1. The Morgan fingerprint density at radius 1 is 1.36 bits per heavy atom. The molecule has 2 N–H and O–H groups in total. The first-order valence-corrected chi connectivity index (χ1v) is 7.65. The van der Waals surface area contributed by atoms with Gasteiger partial charge in [-0.2, -0.15) is 0 Å². The third-order valence-corrected chi connectivity index (χ3v) is 4.44. The average molecular weight is 309 g/mol. The van der Waals surface area contributed by atoms with Crippen LogP contribution in [0.25, 0.3) is 0 Å². The lowest BCUT2D eigenvalue weighted by atomic mass is 9.72. The molecule has 1 amide bonds. The van der Waals surface area contributed by atoms with Crippen LogP contribution in [0.15, 0.2) is 16.7 Å². The van der Waals surface area contributed by atoms with Gasteiger partial charge in [-0.25, -0.2) is 4.79 Å². The molecule has 1 aliphatic carbocycles. The van der Waals surface area contributed by atoms with E-state index in [0.717, 1.165) is 25.5 Å². The van der Waals surface area contributed by atoms with Crippen LogP contribution in [-0.2, 0) is 4.74 Å². The third kappa shape index (κ3) is 4.10. The minimum absolute atomic E-state index is 0.0167. The zero-order valence-corrected chi connectivity index (χ0v) is 12.9. The van der Waals surface area contributed by atoms with E-state index in [1.165, 1.54) is 25.3 Å². The molecule has 1 heterocycles. The topological polar surface area (TPSA) is 88.8 Å². The van der Waals surface area contributed by atoms with E-state index in [2.05, 4.69) is 5.32 Å². The fraction of sp³-hybridized carbons (Fsp3) is 0.625. The van der Waals surface area contributed by atoms with Crippen LogP contribution < -0.4 is 5.32 Å². The quantitative estimate of drug-likeness (QED) is 0.808. The Hall–Kier alpha value is -1.82. The number of ether oxygens (including phenoxy) is 1. The number of carbonyl (C=O) groups is 2. The van der Waals surface area contributed by atoms with Gasteiger partial charge in [0.1, 0.15) is 6.26 Å². The van der Waals surface area contributed by atoms with Crippen LogP contribution in [0.1, 0.15) is 59.4 Å². The van der Waals surface area contributed by atoms with Gasteiger partial charge >= 0.3 is 5.97 Å². The molecule has 122 valence electrons. The maximum absolute atomic E-state index is 12.1. The van der Waals surface area contributed by atoms with Crippen LogP contribution in [0.2, 0.25) is 0 Å². The van der Waals surface area contributed by atoms with Crippen LogP contribution >= 0.6 is 0 Å². The van der Waals surface area contributed by atoms with E-state index in [9.17, 15) is 9.59 Å². The van der Waals surface area contributed by atoms with Crippen molar-refractivity contribution in [3.63, 3.8) is 0 Å². The Labute approximate surface area is 129 Å². The van der Waals surface area contributed by atoms with Gasteiger partial charge < -0.3 is 19.6 Å². The highest BCUT2D eigenvalue weighted by molar-refractivity contribution is 5.95. The molecule has 1 saturated carbocycles. The lowest BCUT2D eigenvalue weighted by Gasteiger charge is -2.37. The molecule has 22 heavy (non-hydrogen) atoms. The molecule has 0 atom stereocenters. The lowest BCUT2D eigenvalue weighted by Crippen LogP contribution is -2.39. The van der Waals surface area contributed by atoms with Crippen molar-refractivity contribution in [3.05, 3.63) is 23.7 Å². The molecule has 1 aromatic rings. The van der Waals surface area contributed by atoms with Gasteiger partial charge in [-0.1, -0.05) is 19.3 Å². The number of aromatic carboxylic acids is 1. The smallest absolute Gasteiger partial charge is 0.338 e. The molecule has 1 aromatic heterocycles. The van der Waals surface area contributed by atoms with E-state index in [4.69, 9.17) is 14.3 Å². The summed E-state index contributed by atoms with van der Waals surface area (Å²) in [6.07, 6.45) is 7.74. The molecule has 1 aliphatic rings. The minimum atomic E-state index is -1.10. The molecule has 1 fully saturated rings. The first-order chi connectivity index (χ1) is 10.6. The van der Waals surface area contributed by atoms with E-state index >= 15 is 0 Å². The molecule has 0 aromatic carbocycles. The number of hydrogen-bond acceptors (Lipinski definition) is 4. The number of furan rings is 1. The second-order valence-corrected chi connectivity index (χ2v) is 5.99. The highest BCUT2D eigenvalue weighted by atomic mass is 16.5. The first kappa shape index (κ1) is 16.5. The SMILES string of the molecule is COCCC1(CNC(=O)c2cc(C(=O)O)co2)CCCCC1. The minimum Gasteiger partial charge on any atom is -0.478 e. The number of methoxy groups -OCH3 is 1. The molecule has 0 radical (unpaired) electrons. The number of carbonyl (C=O) groups excluding carboxylic acids is 1. The molecule has 0 aliphatic heterocycles. The first-order valence-electron chi connectivity index (χ1n) is 7.65. The van der Waals surface area contributed by atoms with Crippen molar-refractivity contribution >= 4 is 11.9 Å². The summed E-state index contributed by atoms with van der Waals surface area (Å²) < 4.78 is 10.2. The number of carboxylic acids is 1. The third-order valence-electron chi connectivity index (χ3n) is 4.44. The molecule has 6 nitrogen and oxygen atoms in total. The van der Waals surface area contributed by atoms with Crippen molar-refractivity contribution in [3.8, 4) is 0 Å². The van der Waals surface area contributed by atoms with Gasteiger partial charge in [0.25, 0.3) is 5.91 Å². The largest absolute Gasteiger partial charge is 0.478 e. The van der Waals surface area contributed by atoms with Crippen molar-refractivity contribution in [1.82, 2.24) is 5.32 Å². The Bertz CT molecular complexity index is 516. The normalized spacial score (nSPS) is 17.1. The number of hydrogen-bond donors (Lipinski definition) is 2. The second-order valence-electron chi connectivity index (χ2n) is 5.99. The molecule has 0 spiro atoms. The molecule has 6 heteroatoms. The van der Waals surface area contributed by atoms with E-state index in [0.29, 0.717) is 13.2 Å². The van der Waals surface area contributed by atoms with Crippen LogP contribution in [-0.4, -0.2) is 37.2 Å². The van der Waals surface area contributed by atoms with Crippen molar-refractivity contribution < 1.29 is 23.8 Å². The summed E-state index contributed by atoms with van der Waals surface area (Å²) in [5, 5.41) is 11.7. The Kier molecular flexibility index (Phi) is 5.60. The fourth-order valence-corrected chi connectivity index (χ4v) is 3.06. The van der Waals surface area contributed by atoms with Crippen molar-refractivity contribution in [2.75, 3.05) is 20.3 Å². The summed E-state index contributed by atoms with van der Waals surface area (Å²) in [7, 11) is 1.69. The monoisotopic (exact) mass is 309 g/mol. The molecule has 0 saturated heterocycles. The van der Waals surface area contributed by atoms with Crippen molar-refractivity contribution in [1.29, 1.82) is 0 Å². The Morgan fingerprint density at radius 3 is 2.68 bits per heavy atom. The van der Waals surface area contributed by atoms with Crippen LogP contribution in [0.3, 0.4) is 0 Å². The van der Waals surface area contributed by atoms with E-state index in [1.54, 1.807) is 7.11 Å². The maximum atomic E-state index is 12.1. The van der Waals surface area contributed by atoms with Crippen LogP contribution in [0.4, 0.5) is 0 Å². The molecule has 0 unspecified atom stereocenters. The number of nitrogens with one attached hydrogen (secondary N) is 1. The van der Waals surface area contributed by atoms with Gasteiger partial charge in [0, 0.05) is 26.3 Å². The van der Waals surface area contributed by atoms with Crippen LogP contribution in [0.5, 0.6) is 0 Å². The van der Waals surface area contributed by atoms with Gasteiger partial charge in [0.15, 0.2) is 5.76 Å². The summed E-state index contributed by atoms with van der Waals surface area (Å²) >= 11 is 0. The Morgan fingerprint density at radius 2 is 2.09 bits per heavy atom. The van der Waals surface area contributed by atoms with E-state index in [-0.39, 0.29) is 22.6 Å². The van der Waals surface area contributed by atoms with E-state index < -0.39 is 5.97 Å².